The summed E-state index contributed by atoms with van der Waals surface area (Å²) in [5.74, 6) is 1.28. The zero-order valence-electron chi connectivity index (χ0n) is 13.4. The molecule has 4 rings (SSSR count). The molecular weight excluding hydrogens is 334 g/mol. The van der Waals surface area contributed by atoms with Crippen LogP contribution >= 0.6 is 11.3 Å². The van der Waals surface area contributed by atoms with Gasteiger partial charge in [-0.05, 0) is 23.3 Å². The van der Waals surface area contributed by atoms with Crippen LogP contribution in [0.25, 0.3) is 0 Å². The van der Waals surface area contributed by atoms with Crippen LogP contribution in [-0.2, 0) is 11.4 Å². The van der Waals surface area contributed by atoms with Gasteiger partial charge in [-0.25, -0.2) is 4.98 Å². The van der Waals surface area contributed by atoms with Crippen molar-refractivity contribution in [2.45, 2.75) is 18.9 Å². The molecule has 5 nitrogen and oxygen atoms in total. The van der Waals surface area contributed by atoms with Crippen molar-refractivity contribution in [1.29, 1.82) is 0 Å². The number of fused-ring (bicyclic) bond motifs is 1. The Morgan fingerprint density at radius 1 is 1.20 bits per heavy atom. The lowest BCUT2D eigenvalue weighted by molar-refractivity contribution is -0.116. The molecule has 0 spiro atoms. The number of nitrogens with zero attached hydrogens (tertiary/aromatic N) is 1. The number of hydrogen-bond donors (Lipinski definition) is 2. The lowest BCUT2D eigenvalue weighted by atomic mass is 9.91. The summed E-state index contributed by atoms with van der Waals surface area (Å²) in [5.41, 5.74) is 7.96. The van der Waals surface area contributed by atoms with Crippen LogP contribution in [0.5, 0.6) is 5.75 Å². The molecule has 1 aliphatic heterocycles. The van der Waals surface area contributed by atoms with Gasteiger partial charge < -0.3 is 15.8 Å². The van der Waals surface area contributed by atoms with E-state index in [2.05, 4.69) is 10.3 Å². The minimum Gasteiger partial charge on any atom is -0.489 e. The van der Waals surface area contributed by atoms with Crippen molar-refractivity contribution in [2.75, 3.05) is 11.1 Å². The molecule has 126 valence electrons. The standard InChI is InChI=1S/C19H17N3O2S/c20-19-22-18-17(25-19)15(10-16(23)21-18)13-7-4-8-14(9-13)24-11-12-5-2-1-3-6-12/h1-9,15H,10-11H2,(H2,20,22)(H,21,23)/t15-/m1/s1. The maximum atomic E-state index is 12.0. The molecule has 1 aliphatic rings. The van der Waals surface area contributed by atoms with E-state index in [1.54, 1.807) is 0 Å². The number of carbonyl (C=O) groups is 1. The van der Waals surface area contributed by atoms with E-state index < -0.39 is 0 Å². The normalized spacial score (nSPS) is 16.2. The number of hydrogen-bond acceptors (Lipinski definition) is 5. The van der Waals surface area contributed by atoms with Crippen LogP contribution in [0.4, 0.5) is 10.9 Å². The van der Waals surface area contributed by atoms with Crippen LogP contribution in [0, 0.1) is 0 Å². The number of nitrogens with two attached hydrogens (primary N) is 1. The van der Waals surface area contributed by atoms with Crippen molar-refractivity contribution in [2.24, 2.45) is 0 Å². The molecule has 0 saturated carbocycles. The monoisotopic (exact) mass is 351 g/mol. The van der Waals surface area contributed by atoms with E-state index >= 15 is 0 Å². The molecule has 1 amide bonds. The van der Waals surface area contributed by atoms with Gasteiger partial charge in [-0.15, -0.1) is 0 Å². The Morgan fingerprint density at radius 2 is 2.04 bits per heavy atom. The number of amides is 1. The summed E-state index contributed by atoms with van der Waals surface area (Å²) in [5, 5.41) is 3.26. The molecule has 6 heteroatoms. The number of nitrogens with one attached hydrogen (secondary N) is 1. The van der Waals surface area contributed by atoms with Crippen molar-refractivity contribution in [1.82, 2.24) is 4.98 Å². The first kappa shape index (κ1) is 15.7. The number of ether oxygens (including phenoxy) is 1. The number of anilines is 2. The molecule has 0 unspecified atom stereocenters. The Balaban J connectivity index is 1.58. The highest BCUT2D eigenvalue weighted by Crippen LogP contribution is 2.42. The number of benzene rings is 2. The fourth-order valence-corrected chi connectivity index (χ4v) is 3.88. The molecule has 2 aromatic carbocycles. The summed E-state index contributed by atoms with van der Waals surface area (Å²) in [4.78, 5) is 17.2. The molecule has 2 heterocycles. The first-order valence-electron chi connectivity index (χ1n) is 8.02. The van der Waals surface area contributed by atoms with Crippen molar-refractivity contribution < 1.29 is 9.53 Å². The zero-order chi connectivity index (χ0) is 17.2. The Kier molecular flexibility index (Phi) is 4.11. The third-order valence-electron chi connectivity index (χ3n) is 4.14. The van der Waals surface area contributed by atoms with Crippen molar-refractivity contribution in [3.63, 3.8) is 0 Å². The van der Waals surface area contributed by atoms with Crippen molar-refractivity contribution in [3.05, 3.63) is 70.6 Å². The second-order valence-corrected chi connectivity index (χ2v) is 6.98. The highest BCUT2D eigenvalue weighted by atomic mass is 32.1. The first-order valence-corrected chi connectivity index (χ1v) is 8.83. The average molecular weight is 351 g/mol. The number of rotatable bonds is 4. The van der Waals surface area contributed by atoms with E-state index in [-0.39, 0.29) is 11.8 Å². The fourth-order valence-electron chi connectivity index (χ4n) is 2.97. The quantitative estimate of drug-likeness (QED) is 0.750. The predicted molar refractivity (Wildman–Crippen MR) is 98.8 cm³/mol. The summed E-state index contributed by atoms with van der Waals surface area (Å²) in [7, 11) is 0. The second-order valence-electron chi connectivity index (χ2n) is 5.92. The van der Waals surface area contributed by atoms with Crippen molar-refractivity contribution >= 4 is 28.2 Å². The number of thiazole rings is 1. The van der Waals surface area contributed by atoms with Crippen LogP contribution < -0.4 is 15.8 Å². The van der Waals surface area contributed by atoms with Crippen LogP contribution in [0.15, 0.2) is 54.6 Å². The average Bonchev–Trinajstić information content (AvgIpc) is 3.00. The fraction of sp³-hybridized carbons (Fsp3) is 0.158. The SMILES string of the molecule is Nc1nc2c(s1)[C@@H](c1cccc(OCc3ccccc3)c1)CC(=O)N2. The molecule has 1 atom stereocenters. The Bertz CT molecular complexity index is 908. The van der Waals surface area contributed by atoms with Gasteiger partial charge in [-0.3, -0.25) is 4.79 Å². The van der Waals surface area contributed by atoms with E-state index in [1.807, 2.05) is 54.6 Å². The van der Waals surface area contributed by atoms with Crippen LogP contribution in [-0.4, -0.2) is 10.9 Å². The smallest absolute Gasteiger partial charge is 0.226 e. The number of aromatic nitrogens is 1. The van der Waals surface area contributed by atoms with E-state index in [0.29, 0.717) is 24.0 Å². The van der Waals surface area contributed by atoms with Gasteiger partial charge in [0.05, 0.1) is 4.88 Å². The molecular formula is C19H17N3O2S. The van der Waals surface area contributed by atoms with Crippen LogP contribution in [0.2, 0.25) is 0 Å². The zero-order valence-corrected chi connectivity index (χ0v) is 14.3. The van der Waals surface area contributed by atoms with E-state index in [9.17, 15) is 4.79 Å². The Morgan fingerprint density at radius 3 is 2.88 bits per heavy atom. The van der Waals surface area contributed by atoms with Gasteiger partial charge in [-0.1, -0.05) is 53.8 Å². The van der Waals surface area contributed by atoms with Gasteiger partial charge in [0.1, 0.15) is 18.2 Å². The molecule has 3 aromatic rings. The topological polar surface area (TPSA) is 77.2 Å². The number of carbonyl (C=O) groups excluding carboxylic acids is 1. The lowest BCUT2D eigenvalue weighted by Gasteiger charge is -2.22. The molecule has 0 fully saturated rings. The third-order valence-corrected chi connectivity index (χ3v) is 5.14. The molecule has 25 heavy (non-hydrogen) atoms. The minimum atomic E-state index is -0.0431. The largest absolute Gasteiger partial charge is 0.489 e. The highest BCUT2D eigenvalue weighted by Gasteiger charge is 2.30. The van der Waals surface area contributed by atoms with Gasteiger partial charge in [0.2, 0.25) is 5.91 Å². The number of nitrogen functional groups attached to an aromatic ring is 1. The van der Waals surface area contributed by atoms with Gasteiger partial charge in [-0.2, -0.15) is 0 Å². The summed E-state index contributed by atoms with van der Waals surface area (Å²) in [6.07, 6.45) is 0.386. The van der Waals surface area contributed by atoms with Gasteiger partial charge in [0, 0.05) is 12.3 Å². The summed E-state index contributed by atoms with van der Waals surface area (Å²) >= 11 is 1.42. The molecule has 0 radical (unpaired) electrons. The Hall–Kier alpha value is -2.86. The lowest BCUT2D eigenvalue weighted by Crippen LogP contribution is -2.22. The predicted octanol–water partition coefficient (Wildman–Crippen LogP) is 3.78. The Labute approximate surface area is 149 Å². The van der Waals surface area contributed by atoms with Gasteiger partial charge >= 0.3 is 0 Å². The summed E-state index contributed by atoms with van der Waals surface area (Å²) in [6, 6.07) is 17.9. The van der Waals surface area contributed by atoms with E-state index in [4.69, 9.17) is 10.5 Å². The summed E-state index contributed by atoms with van der Waals surface area (Å²) in [6.45, 7) is 0.508. The van der Waals surface area contributed by atoms with Crippen molar-refractivity contribution in [3.8, 4) is 5.75 Å². The second kappa shape index (κ2) is 6.57. The van der Waals surface area contributed by atoms with Gasteiger partial charge in [0.15, 0.2) is 5.13 Å². The molecule has 0 saturated heterocycles. The van der Waals surface area contributed by atoms with E-state index in [0.717, 1.165) is 21.8 Å². The first-order chi connectivity index (χ1) is 12.2. The molecule has 1 aromatic heterocycles. The minimum absolute atomic E-state index is 0.0428. The molecule has 0 aliphatic carbocycles. The van der Waals surface area contributed by atoms with Gasteiger partial charge in [0.25, 0.3) is 0 Å². The molecule has 0 bridgehead atoms. The third kappa shape index (κ3) is 3.34. The molecule has 3 N–H and O–H groups in total. The highest BCUT2D eigenvalue weighted by molar-refractivity contribution is 7.16. The maximum Gasteiger partial charge on any atom is 0.226 e. The maximum absolute atomic E-state index is 12.0. The van der Waals surface area contributed by atoms with Crippen LogP contribution in [0.3, 0.4) is 0 Å². The van der Waals surface area contributed by atoms with Crippen LogP contribution in [0.1, 0.15) is 28.3 Å². The van der Waals surface area contributed by atoms with E-state index in [1.165, 1.54) is 11.3 Å². The summed E-state index contributed by atoms with van der Waals surface area (Å²) < 4.78 is 5.91.